The number of hydrogen-bond acceptors (Lipinski definition) is 15. The number of methoxy groups -OCH3 is 1. The van der Waals surface area contributed by atoms with Gasteiger partial charge in [-0.15, -0.1) is 0 Å². The number of nitrogens with one attached hydrogen (secondary N) is 3. The standard InChI is InChI=1S/C19H31BN2O8S.C18H26BNO8S.K/c1-4-15(19(24)30-12-11-29-3)13-14(2)18(23)21-9-10-22-31(27,28)17-7-5-16(6-8-17)20(25)26;1-3-13(18(22)27-7-4-8-29(24,25)26)9-12(2)17(21)20-15-6-5-14-11-28-19(23)16(14)10-15;/h5-8,14-15,22,25-26H,4,9-13H2,1-3H3,(H,21,23);5-6,10,12-13,23H,3-4,7-9,11H2,1-2H3,(H,20,21)(H,24,25,26);/q;;+1. The number of fused-ring (bicyclic) bond motifs is 1. The molecule has 0 bridgehead atoms. The van der Waals surface area contributed by atoms with E-state index in [1.807, 2.05) is 6.92 Å². The van der Waals surface area contributed by atoms with E-state index in [4.69, 9.17) is 33.5 Å². The van der Waals surface area contributed by atoms with E-state index in [0.29, 0.717) is 43.6 Å². The van der Waals surface area contributed by atoms with Crippen LogP contribution in [0.1, 0.15) is 65.4 Å². The number of esters is 2. The summed E-state index contributed by atoms with van der Waals surface area (Å²) in [7, 11) is -9.06. The zero-order valence-corrected chi connectivity index (χ0v) is 40.3. The van der Waals surface area contributed by atoms with E-state index in [1.54, 1.807) is 39.0 Å². The van der Waals surface area contributed by atoms with Gasteiger partial charge in [0.25, 0.3) is 10.1 Å². The number of hydrogen-bond donors (Lipinski definition) is 7. The van der Waals surface area contributed by atoms with Crippen LogP contribution in [0.15, 0.2) is 47.4 Å². The van der Waals surface area contributed by atoms with Crippen LogP contribution in [0.5, 0.6) is 0 Å². The van der Waals surface area contributed by atoms with Crippen molar-refractivity contribution >= 4 is 74.7 Å². The van der Waals surface area contributed by atoms with Crippen LogP contribution in [-0.2, 0) is 64.8 Å². The second kappa shape index (κ2) is 28.5. The molecule has 1 aliphatic heterocycles. The maximum Gasteiger partial charge on any atom is 1.00 e. The Kier molecular flexibility index (Phi) is 26.5. The molecule has 0 spiro atoms. The summed E-state index contributed by atoms with van der Waals surface area (Å²) in [4.78, 5) is 48.9. The summed E-state index contributed by atoms with van der Waals surface area (Å²) in [6.45, 7) is 7.77. The molecule has 0 saturated carbocycles. The molecule has 7 N–H and O–H groups in total. The average Bonchev–Trinajstić information content (AvgIpc) is 3.57. The molecule has 1 heterocycles. The molecule has 0 radical (unpaired) electrons. The summed E-state index contributed by atoms with van der Waals surface area (Å²) < 4.78 is 77.0. The zero-order chi connectivity index (χ0) is 45.0. The average molecular weight is 925 g/mol. The number of ether oxygens (including phenoxy) is 3. The van der Waals surface area contributed by atoms with E-state index in [-0.39, 0.29) is 119 Å². The zero-order valence-electron chi connectivity index (χ0n) is 35.5. The van der Waals surface area contributed by atoms with Crippen LogP contribution < -0.4 is 77.7 Å². The van der Waals surface area contributed by atoms with Gasteiger partial charge in [-0.2, -0.15) is 8.42 Å². The third kappa shape index (κ3) is 20.8. The van der Waals surface area contributed by atoms with Crippen LogP contribution in [0.25, 0.3) is 0 Å². The Labute approximate surface area is 401 Å². The molecule has 0 aliphatic carbocycles. The van der Waals surface area contributed by atoms with Gasteiger partial charge >= 0.3 is 77.6 Å². The van der Waals surface area contributed by atoms with Gasteiger partial charge in [-0.25, -0.2) is 13.1 Å². The predicted octanol–water partition coefficient (Wildman–Crippen LogP) is -3.28. The molecule has 2 aromatic carbocycles. The van der Waals surface area contributed by atoms with Crippen LogP contribution in [-0.4, -0.2) is 120 Å². The van der Waals surface area contributed by atoms with Gasteiger partial charge in [0.2, 0.25) is 21.8 Å². The first kappa shape index (κ1) is 56.7. The third-order valence-corrected chi connectivity index (χ3v) is 11.7. The van der Waals surface area contributed by atoms with Gasteiger partial charge in [0.1, 0.15) is 6.61 Å². The van der Waals surface area contributed by atoms with Crippen LogP contribution >= 0.6 is 0 Å². The SMILES string of the molecule is CCC(CC(C)C(=O)NCCNS(=O)(=O)c1ccc(B(O)O)cc1)C(=O)OCCOC.CCC(CC(C)C(=O)Nc1ccc2c(c1)B(O)OC2)C(=O)OCCCS(=O)(=O)O.[K+]. The quantitative estimate of drug-likeness (QED) is 0.0235. The first-order chi connectivity index (χ1) is 28.2. The summed E-state index contributed by atoms with van der Waals surface area (Å²) in [5.41, 5.74) is 2.20. The van der Waals surface area contributed by atoms with Crippen molar-refractivity contribution in [2.24, 2.45) is 23.7 Å². The molecule has 4 unspecified atom stereocenters. The van der Waals surface area contributed by atoms with Gasteiger partial charge in [0.05, 0.1) is 42.3 Å². The maximum absolute atomic E-state index is 12.5. The normalized spacial score (nSPS) is 14.1. The fourth-order valence-corrected chi connectivity index (χ4v) is 7.32. The second-order valence-corrected chi connectivity index (χ2v) is 17.5. The maximum atomic E-state index is 12.5. The van der Waals surface area contributed by atoms with Crippen molar-refractivity contribution in [1.29, 1.82) is 0 Å². The monoisotopic (exact) mass is 924 g/mol. The van der Waals surface area contributed by atoms with Crippen molar-refractivity contribution in [1.82, 2.24) is 10.0 Å². The number of amides is 2. The Bertz CT molecular complexity index is 1930. The summed E-state index contributed by atoms with van der Waals surface area (Å²) in [6.07, 6.45) is 1.61. The molecule has 3 rings (SSSR count). The van der Waals surface area contributed by atoms with E-state index in [9.17, 15) is 41.0 Å². The topological polar surface area (TPSA) is 290 Å². The molecule has 334 valence electrons. The van der Waals surface area contributed by atoms with Gasteiger partial charge in [-0.1, -0.05) is 45.9 Å². The molecule has 0 aromatic heterocycles. The summed E-state index contributed by atoms with van der Waals surface area (Å²) in [5, 5.41) is 33.3. The Hall–Kier alpha value is -2.29. The van der Waals surface area contributed by atoms with Crippen molar-refractivity contribution in [2.75, 3.05) is 51.1 Å². The van der Waals surface area contributed by atoms with Crippen molar-refractivity contribution in [3.8, 4) is 0 Å². The Morgan fingerprint density at radius 3 is 1.97 bits per heavy atom. The number of rotatable bonds is 24. The molecular formula is C37H57B2KN3O16S2+. The number of anilines is 1. The fourth-order valence-electron chi connectivity index (χ4n) is 5.81. The fraction of sp³-hybridized carbons (Fsp3) is 0.568. The van der Waals surface area contributed by atoms with E-state index in [0.717, 1.165) is 5.56 Å². The van der Waals surface area contributed by atoms with Gasteiger partial charge in [-0.05, 0) is 72.9 Å². The molecule has 4 atom stereocenters. The molecule has 19 nitrogen and oxygen atoms in total. The second-order valence-electron chi connectivity index (χ2n) is 14.1. The first-order valence-electron chi connectivity index (χ1n) is 19.5. The summed E-state index contributed by atoms with van der Waals surface area (Å²) in [6, 6.07) is 10.3. The molecule has 2 aromatic rings. The van der Waals surface area contributed by atoms with E-state index in [1.165, 1.54) is 31.4 Å². The van der Waals surface area contributed by atoms with Crippen LogP contribution in [0.2, 0.25) is 0 Å². The summed E-state index contributed by atoms with van der Waals surface area (Å²) in [5.74, 6) is -3.73. The Morgan fingerprint density at radius 2 is 1.43 bits per heavy atom. The van der Waals surface area contributed by atoms with Gasteiger partial charge in [0, 0.05) is 37.7 Å². The predicted molar refractivity (Wildman–Crippen MR) is 222 cm³/mol. The smallest absolute Gasteiger partial charge is 0.465 e. The van der Waals surface area contributed by atoms with E-state index < -0.39 is 69.8 Å². The van der Waals surface area contributed by atoms with Gasteiger partial charge in [-0.3, -0.25) is 23.7 Å². The largest absolute Gasteiger partial charge is 1.00 e. The molecule has 24 heteroatoms. The minimum absolute atomic E-state index is 0. The van der Waals surface area contributed by atoms with Gasteiger partial charge in [0.15, 0.2) is 0 Å². The van der Waals surface area contributed by atoms with Crippen molar-refractivity contribution in [3.05, 3.63) is 48.0 Å². The molecule has 0 fully saturated rings. The number of benzene rings is 2. The van der Waals surface area contributed by atoms with Crippen molar-refractivity contribution < 1.29 is 126 Å². The summed E-state index contributed by atoms with van der Waals surface area (Å²) >= 11 is 0. The first-order valence-corrected chi connectivity index (χ1v) is 22.6. The van der Waals surface area contributed by atoms with E-state index in [2.05, 4.69) is 15.4 Å². The van der Waals surface area contributed by atoms with Crippen LogP contribution in [0.4, 0.5) is 5.69 Å². The molecular weight excluding hydrogens is 867 g/mol. The minimum atomic E-state index is -4.08. The van der Waals surface area contributed by atoms with Crippen molar-refractivity contribution in [2.45, 2.75) is 71.3 Å². The minimum Gasteiger partial charge on any atom is -0.465 e. The molecule has 61 heavy (non-hydrogen) atoms. The number of carbonyl (C=O) groups is 4. The van der Waals surface area contributed by atoms with Gasteiger partial charge < -0.3 is 44.6 Å². The Balaban J connectivity index is 0.000000601. The Morgan fingerprint density at radius 1 is 0.852 bits per heavy atom. The van der Waals surface area contributed by atoms with Crippen LogP contribution in [0.3, 0.4) is 0 Å². The molecule has 2 amide bonds. The van der Waals surface area contributed by atoms with Crippen molar-refractivity contribution in [3.63, 3.8) is 0 Å². The van der Waals surface area contributed by atoms with Crippen LogP contribution in [0, 0.1) is 23.7 Å². The van der Waals surface area contributed by atoms with E-state index >= 15 is 0 Å². The third-order valence-electron chi connectivity index (χ3n) is 9.43. The number of carbonyl (C=O) groups excluding carboxylic acids is 4. The number of sulfonamides is 1. The molecule has 0 saturated heterocycles. The molecule has 1 aliphatic rings.